The first-order valence-electron chi connectivity index (χ1n) is 11.4. The summed E-state index contributed by atoms with van der Waals surface area (Å²) >= 11 is 4.22. The molecule has 2 heterocycles. The zero-order valence-electron chi connectivity index (χ0n) is 18.5. The number of rotatable bonds is 5. The molecule has 2 fully saturated rings. The van der Waals surface area contributed by atoms with E-state index in [0.29, 0.717) is 12.2 Å². The van der Waals surface area contributed by atoms with E-state index in [1.165, 1.54) is 21.6 Å². The van der Waals surface area contributed by atoms with Gasteiger partial charge in [0.05, 0.1) is 6.04 Å². The molecule has 0 spiro atoms. The van der Waals surface area contributed by atoms with Gasteiger partial charge in [-0.2, -0.15) is 0 Å². The molecule has 0 saturated carbocycles. The summed E-state index contributed by atoms with van der Waals surface area (Å²) in [5, 5.41) is 0. The van der Waals surface area contributed by atoms with Crippen molar-refractivity contribution in [1.82, 2.24) is 8.61 Å². The molecule has 170 valence electrons. The van der Waals surface area contributed by atoms with Gasteiger partial charge in [0.1, 0.15) is 5.78 Å². The number of carbonyl (C=O) groups is 1. The first kappa shape index (κ1) is 23.4. The van der Waals surface area contributed by atoms with Crippen LogP contribution in [0, 0.1) is 12.8 Å². The van der Waals surface area contributed by atoms with Crippen molar-refractivity contribution < 1.29 is 4.79 Å². The number of benzene rings is 3. The maximum absolute atomic E-state index is 13.5. The molecule has 0 aromatic heterocycles. The number of fused-ring (bicyclic) bond motifs is 1. The number of aryl methyl sites for hydroxylation is 1. The molecule has 1 unspecified atom stereocenters. The van der Waals surface area contributed by atoms with Crippen LogP contribution in [0.25, 0.3) is 0 Å². The Hall–Kier alpha value is -1.32. The zero-order valence-corrected chi connectivity index (χ0v) is 22.3. The Bertz CT molecular complexity index is 1100. The van der Waals surface area contributed by atoms with E-state index in [2.05, 4.69) is 116 Å². The van der Waals surface area contributed by atoms with Gasteiger partial charge in [0.15, 0.2) is 0 Å². The molecule has 2 aliphatic heterocycles. The molecule has 2 aliphatic rings. The van der Waals surface area contributed by atoms with Crippen LogP contribution in [-0.2, 0) is 4.79 Å². The Balaban J connectivity index is 1.49. The molecule has 3 aromatic carbocycles. The quantitative estimate of drug-likeness (QED) is 0.228. The summed E-state index contributed by atoms with van der Waals surface area (Å²) in [6.45, 7) is 2.94. The van der Waals surface area contributed by atoms with Crippen molar-refractivity contribution in [3.8, 4) is 0 Å². The van der Waals surface area contributed by atoms with Crippen LogP contribution in [0.5, 0.6) is 0 Å². The fraction of sp³-hybridized carbons (Fsp3) is 0.296. The third kappa shape index (κ3) is 4.91. The van der Waals surface area contributed by atoms with E-state index < -0.39 is 0 Å². The first-order chi connectivity index (χ1) is 16.2. The Labute approximate surface area is 217 Å². The molecule has 0 radical (unpaired) electrons. The third-order valence-corrected chi connectivity index (χ3v) is 10.2. The fourth-order valence-corrected chi connectivity index (χ4v) is 8.62. The van der Waals surface area contributed by atoms with Gasteiger partial charge in [-0.25, -0.2) is 8.61 Å². The van der Waals surface area contributed by atoms with Gasteiger partial charge in [-0.1, -0.05) is 78.9 Å². The van der Waals surface area contributed by atoms with E-state index in [1.54, 1.807) is 9.12 Å². The molecule has 0 bridgehead atoms. The largest absolute Gasteiger partial charge is 0.299 e. The van der Waals surface area contributed by atoms with Crippen molar-refractivity contribution in [2.45, 2.75) is 42.8 Å². The Kier molecular flexibility index (Phi) is 7.47. The highest BCUT2D eigenvalue weighted by molar-refractivity contribution is 14.2. The molecule has 0 aliphatic carbocycles. The molecular formula is C27H27IN2OS2. The minimum atomic E-state index is 0.0312. The van der Waals surface area contributed by atoms with Crippen LogP contribution in [0.15, 0.2) is 89.8 Å². The normalized spacial score (nSPS) is 26.2. The zero-order chi connectivity index (χ0) is 22.8. The van der Waals surface area contributed by atoms with Gasteiger partial charge in [0.2, 0.25) is 0 Å². The van der Waals surface area contributed by atoms with Crippen LogP contribution in [0.3, 0.4) is 0 Å². The molecule has 6 heteroatoms. The molecule has 0 N–H and O–H groups in total. The van der Waals surface area contributed by atoms with Crippen molar-refractivity contribution >= 4 is 48.1 Å². The Morgan fingerprint density at radius 3 is 2.09 bits per heavy atom. The molecule has 2 saturated heterocycles. The van der Waals surface area contributed by atoms with Gasteiger partial charge in [-0.15, -0.1) is 0 Å². The second-order valence-corrected chi connectivity index (χ2v) is 11.7. The standard InChI is InChI=1S/C27H27IN2OS2/c1-19-10-8-9-15-27(19)32-29-18-22-25(16-23(29)20-11-4-2-5-12-20)30(33-28)24(17-26(22)31)21-13-6-3-7-14-21/h2-15,22-25H,16-18H2,1H3/t22-,23+,24?,25+/m1/s1. The maximum Gasteiger partial charge on any atom is 0.140 e. The topological polar surface area (TPSA) is 23.6 Å². The van der Waals surface area contributed by atoms with Gasteiger partial charge < -0.3 is 0 Å². The van der Waals surface area contributed by atoms with Crippen molar-refractivity contribution in [1.29, 1.82) is 0 Å². The summed E-state index contributed by atoms with van der Waals surface area (Å²) in [5.41, 5.74) is 3.84. The summed E-state index contributed by atoms with van der Waals surface area (Å²) in [7, 11) is 1.77. The lowest BCUT2D eigenvalue weighted by Gasteiger charge is -2.51. The summed E-state index contributed by atoms with van der Waals surface area (Å²) in [5.74, 6) is 0.432. The van der Waals surface area contributed by atoms with E-state index >= 15 is 0 Å². The maximum atomic E-state index is 13.5. The van der Waals surface area contributed by atoms with Crippen LogP contribution < -0.4 is 0 Å². The fourth-order valence-electron chi connectivity index (χ4n) is 5.12. The van der Waals surface area contributed by atoms with E-state index in [9.17, 15) is 4.79 Å². The highest BCUT2D eigenvalue weighted by Crippen LogP contribution is 2.50. The summed E-state index contributed by atoms with van der Waals surface area (Å²) in [6.07, 6.45) is 1.53. The monoisotopic (exact) mass is 586 g/mol. The van der Waals surface area contributed by atoms with Gasteiger partial charge in [0.25, 0.3) is 0 Å². The van der Waals surface area contributed by atoms with E-state index in [-0.39, 0.29) is 24.0 Å². The second-order valence-electron chi connectivity index (χ2n) is 8.82. The van der Waals surface area contributed by atoms with Crippen molar-refractivity contribution in [3.63, 3.8) is 0 Å². The highest BCUT2D eigenvalue weighted by atomic mass is 127. The van der Waals surface area contributed by atoms with Gasteiger partial charge >= 0.3 is 0 Å². The van der Waals surface area contributed by atoms with Crippen molar-refractivity contribution in [2.75, 3.05) is 6.54 Å². The second kappa shape index (κ2) is 10.5. The summed E-state index contributed by atoms with van der Waals surface area (Å²) < 4.78 is 4.98. The van der Waals surface area contributed by atoms with E-state index in [4.69, 9.17) is 0 Å². The van der Waals surface area contributed by atoms with Gasteiger partial charge in [0, 0.05) is 57.1 Å². The van der Waals surface area contributed by atoms with Crippen LogP contribution in [0.4, 0.5) is 0 Å². The average molecular weight is 587 g/mol. The lowest BCUT2D eigenvalue weighted by atomic mass is 9.77. The molecule has 3 nitrogen and oxygen atoms in total. The minimum Gasteiger partial charge on any atom is -0.299 e. The number of hydrogen-bond donors (Lipinski definition) is 0. The van der Waals surface area contributed by atoms with Crippen LogP contribution in [0.2, 0.25) is 0 Å². The number of ketones is 1. The van der Waals surface area contributed by atoms with E-state index in [0.717, 1.165) is 13.0 Å². The van der Waals surface area contributed by atoms with Gasteiger partial charge in [-0.05, 0) is 57.2 Å². The molecule has 33 heavy (non-hydrogen) atoms. The first-order valence-corrected chi connectivity index (χ1v) is 15.4. The SMILES string of the molecule is Cc1ccccc1SN1C[C@H]2C(=O)CC(c3ccccc3)N(SI)[C@H]2C[C@H]1c1ccccc1. The summed E-state index contributed by atoms with van der Waals surface area (Å²) in [6, 6.07) is 30.5. The Morgan fingerprint density at radius 1 is 0.848 bits per heavy atom. The average Bonchev–Trinajstić information content (AvgIpc) is 2.86. The molecule has 0 amide bonds. The van der Waals surface area contributed by atoms with Crippen LogP contribution in [-0.4, -0.2) is 27.0 Å². The lowest BCUT2D eigenvalue weighted by molar-refractivity contribution is -0.131. The van der Waals surface area contributed by atoms with E-state index in [1.807, 2.05) is 18.0 Å². The predicted molar refractivity (Wildman–Crippen MR) is 147 cm³/mol. The van der Waals surface area contributed by atoms with Crippen LogP contribution in [0.1, 0.15) is 41.6 Å². The predicted octanol–water partition coefficient (Wildman–Crippen LogP) is 7.45. The molecule has 3 aromatic rings. The van der Waals surface area contributed by atoms with Gasteiger partial charge in [-0.3, -0.25) is 4.79 Å². The third-order valence-electron chi connectivity index (χ3n) is 6.85. The van der Waals surface area contributed by atoms with Crippen molar-refractivity contribution in [2.24, 2.45) is 5.92 Å². The minimum absolute atomic E-state index is 0.0312. The number of piperidine rings is 2. The summed E-state index contributed by atoms with van der Waals surface area (Å²) in [4.78, 5) is 14.8. The number of halogens is 1. The molecule has 4 atom stereocenters. The smallest absolute Gasteiger partial charge is 0.140 e. The molecule has 5 rings (SSSR count). The molecular weight excluding hydrogens is 559 g/mol. The number of Topliss-reactive ketones (excluding diaryl/α,β-unsaturated/α-hetero) is 1. The van der Waals surface area contributed by atoms with Crippen LogP contribution >= 0.6 is 42.3 Å². The lowest BCUT2D eigenvalue weighted by Crippen LogP contribution is -2.55. The number of carbonyl (C=O) groups excluding carboxylic acids is 1. The Morgan fingerprint density at radius 2 is 1.45 bits per heavy atom. The highest BCUT2D eigenvalue weighted by Gasteiger charge is 2.48. The van der Waals surface area contributed by atoms with Crippen molar-refractivity contribution in [3.05, 3.63) is 102 Å². The number of hydrogen-bond acceptors (Lipinski definition) is 5. The number of nitrogens with zero attached hydrogens (tertiary/aromatic N) is 2.